The van der Waals surface area contributed by atoms with Crippen LogP contribution in [-0.4, -0.2) is 55.3 Å². The van der Waals surface area contributed by atoms with Crippen LogP contribution in [0.15, 0.2) is 40.2 Å². The maximum absolute atomic E-state index is 14.4. The number of aliphatic hydroxyl groups is 1. The number of aliphatic hydroxyl groups excluding tert-OH is 1. The lowest BCUT2D eigenvalue weighted by Gasteiger charge is -2.26. The van der Waals surface area contributed by atoms with Crippen molar-refractivity contribution in [2.45, 2.75) is 58.2 Å². The molecule has 2 atom stereocenters. The van der Waals surface area contributed by atoms with Crippen LogP contribution < -0.4 is 16.0 Å². The van der Waals surface area contributed by atoms with Crippen LogP contribution in [-0.2, 0) is 16.1 Å². The van der Waals surface area contributed by atoms with Crippen molar-refractivity contribution < 1.29 is 23.8 Å². The van der Waals surface area contributed by atoms with E-state index in [2.05, 4.69) is 10.2 Å². The molecule has 218 valence electrons. The second-order valence-corrected chi connectivity index (χ2v) is 11.2. The van der Waals surface area contributed by atoms with Crippen molar-refractivity contribution in [3.05, 3.63) is 68.4 Å². The zero-order valence-corrected chi connectivity index (χ0v) is 23.9. The molecule has 13 heteroatoms. The van der Waals surface area contributed by atoms with Gasteiger partial charge in [-0.2, -0.15) is 10.2 Å². The van der Waals surface area contributed by atoms with Gasteiger partial charge in [-0.05, 0) is 38.0 Å². The van der Waals surface area contributed by atoms with Gasteiger partial charge in [-0.15, -0.1) is 4.80 Å². The first-order valence-corrected chi connectivity index (χ1v) is 14.3. The molecule has 11 nitrogen and oxygen atoms in total. The first-order valence-electron chi connectivity index (χ1n) is 13.5. The lowest BCUT2D eigenvalue weighted by molar-refractivity contribution is -0.123. The first-order chi connectivity index (χ1) is 19.7. The second-order valence-electron chi connectivity index (χ2n) is 10.2. The highest BCUT2D eigenvalue weighted by Crippen LogP contribution is 2.35. The standard InChI is InChI=1S/C28H32FN5O6S/c1-16-24-25(37)33(17(2)21(36)13-18-5-4-6-18)28(38)32(27(24)41-26(16)34-30-9-10-31-34)15-23(40-12-11-35)20-14-19(29)7-8-22(20)39-3/h7-10,14,17-18,23,35H,4-6,11-13,15H2,1-3H3/t17-,23+/m1/s1. The van der Waals surface area contributed by atoms with Gasteiger partial charge in [-0.25, -0.2) is 13.8 Å². The Morgan fingerprint density at radius 2 is 1.98 bits per heavy atom. The molecule has 1 aromatic carbocycles. The van der Waals surface area contributed by atoms with Crippen molar-refractivity contribution >= 4 is 27.3 Å². The second kappa shape index (κ2) is 12.0. The van der Waals surface area contributed by atoms with E-state index in [0.717, 1.165) is 35.2 Å². The maximum Gasteiger partial charge on any atom is 0.332 e. The third kappa shape index (κ3) is 5.48. The Hall–Kier alpha value is -3.68. The Morgan fingerprint density at radius 3 is 2.61 bits per heavy atom. The van der Waals surface area contributed by atoms with Crippen molar-refractivity contribution in [1.82, 2.24) is 24.1 Å². The van der Waals surface area contributed by atoms with Crippen molar-refractivity contribution in [1.29, 1.82) is 0 Å². The zero-order valence-electron chi connectivity index (χ0n) is 23.1. The average Bonchev–Trinajstić information content (AvgIpc) is 3.58. The Bertz CT molecular complexity index is 1670. The number of carbonyl (C=O) groups is 1. The van der Waals surface area contributed by atoms with E-state index in [-0.39, 0.29) is 36.8 Å². The molecule has 0 bridgehead atoms. The number of benzene rings is 1. The van der Waals surface area contributed by atoms with Crippen LogP contribution >= 0.6 is 11.3 Å². The molecule has 1 aliphatic rings. The first kappa shape index (κ1) is 28.8. The van der Waals surface area contributed by atoms with Crippen LogP contribution in [0.3, 0.4) is 0 Å². The third-order valence-corrected chi connectivity index (χ3v) is 8.96. The van der Waals surface area contributed by atoms with E-state index in [1.807, 2.05) is 0 Å². The molecule has 3 aromatic heterocycles. The minimum Gasteiger partial charge on any atom is -0.496 e. The molecule has 4 aromatic rings. The topological polar surface area (TPSA) is 130 Å². The van der Waals surface area contributed by atoms with E-state index < -0.39 is 29.2 Å². The van der Waals surface area contributed by atoms with E-state index in [4.69, 9.17) is 9.47 Å². The highest BCUT2D eigenvalue weighted by atomic mass is 32.1. The summed E-state index contributed by atoms with van der Waals surface area (Å²) in [4.78, 5) is 43.0. The van der Waals surface area contributed by atoms with Gasteiger partial charge in [0.15, 0.2) is 5.78 Å². The molecule has 1 fully saturated rings. The van der Waals surface area contributed by atoms with E-state index in [9.17, 15) is 23.9 Å². The summed E-state index contributed by atoms with van der Waals surface area (Å²) in [6.07, 6.45) is 5.37. The van der Waals surface area contributed by atoms with Crippen LogP contribution in [0.4, 0.5) is 4.39 Å². The Balaban J connectivity index is 1.71. The predicted octanol–water partition coefficient (Wildman–Crippen LogP) is 3.33. The van der Waals surface area contributed by atoms with Crippen molar-refractivity contribution in [3.63, 3.8) is 0 Å². The van der Waals surface area contributed by atoms with Gasteiger partial charge >= 0.3 is 5.69 Å². The Labute approximate surface area is 238 Å². The molecule has 0 unspecified atom stereocenters. The number of ketones is 1. The van der Waals surface area contributed by atoms with Gasteiger partial charge in [0.05, 0.1) is 50.7 Å². The molecule has 1 N–H and O–H groups in total. The van der Waals surface area contributed by atoms with Crippen LogP contribution in [0.5, 0.6) is 5.75 Å². The number of Topliss-reactive ketones (excluding diaryl/α,β-unsaturated/α-hetero) is 1. The van der Waals surface area contributed by atoms with Crippen LogP contribution in [0.1, 0.15) is 55.9 Å². The Kier molecular flexibility index (Phi) is 8.47. The van der Waals surface area contributed by atoms with Gasteiger partial charge < -0.3 is 14.6 Å². The molecule has 41 heavy (non-hydrogen) atoms. The normalized spacial score (nSPS) is 15.1. The lowest BCUT2D eigenvalue weighted by atomic mass is 9.81. The van der Waals surface area contributed by atoms with Gasteiger partial charge in [0.25, 0.3) is 5.56 Å². The van der Waals surface area contributed by atoms with Gasteiger partial charge in [-0.3, -0.25) is 14.2 Å². The highest BCUT2D eigenvalue weighted by molar-refractivity contribution is 7.21. The van der Waals surface area contributed by atoms with Crippen molar-refractivity contribution in [2.75, 3.05) is 20.3 Å². The van der Waals surface area contributed by atoms with Gasteiger partial charge in [0.2, 0.25) is 0 Å². The highest BCUT2D eigenvalue weighted by Gasteiger charge is 2.30. The number of thiophene rings is 1. The van der Waals surface area contributed by atoms with Crippen LogP contribution in [0.25, 0.3) is 15.2 Å². The third-order valence-electron chi connectivity index (χ3n) is 7.68. The quantitative estimate of drug-likeness (QED) is 0.268. The van der Waals surface area contributed by atoms with Gasteiger partial charge in [0, 0.05) is 17.5 Å². The molecule has 0 spiro atoms. The zero-order chi connectivity index (χ0) is 29.3. The number of nitrogens with zero attached hydrogens (tertiary/aromatic N) is 5. The number of rotatable bonds is 12. The summed E-state index contributed by atoms with van der Waals surface area (Å²) >= 11 is 1.16. The minimum absolute atomic E-state index is 0.0932. The summed E-state index contributed by atoms with van der Waals surface area (Å²) in [5.41, 5.74) is -0.371. The van der Waals surface area contributed by atoms with Gasteiger partial charge in [0.1, 0.15) is 27.5 Å². The van der Waals surface area contributed by atoms with Crippen molar-refractivity contribution in [2.24, 2.45) is 5.92 Å². The molecule has 1 saturated carbocycles. The number of halogens is 1. The van der Waals surface area contributed by atoms with E-state index >= 15 is 0 Å². The van der Waals surface area contributed by atoms with Gasteiger partial charge in [-0.1, -0.05) is 30.6 Å². The number of aromatic nitrogens is 5. The molecule has 3 heterocycles. The van der Waals surface area contributed by atoms with Crippen LogP contribution in [0.2, 0.25) is 0 Å². The number of methoxy groups -OCH3 is 1. The fourth-order valence-electron chi connectivity index (χ4n) is 5.22. The molecular formula is C28H32FN5O6S. The Morgan fingerprint density at radius 1 is 1.24 bits per heavy atom. The average molecular weight is 586 g/mol. The molecule has 1 aliphatic carbocycles. The lowest BCUT2D eigenvalue weighted by Crippen LogP contribution is -2.44. The van der Waals surface area contributed by atoms with Crippen LogP contribution in [0, 0.1) is 18.7 Å². The molecule has 0 saturated heterocycles. The van der Waals surface area contributed by atoms with Crippen molar-refractivity contribution in [3.8, 4) is 10.8 Å². The molecule has 0 amide bonds. The molecular weight excluding hydrogens is 553 g/mol. The molecule has 0 aliphatic heterocycles. The van der Waals surface area contributed by atoms with E-state index in [0.29, 0.717) is 33.1 Å². The number of ether oxygens (including phenoxy) is 2. The fourth-order valence-corrected chi connectivity index (χ4v) is 6.44. The number of hydrogen-bond donors (Lipinski definition) is 1. The molecule has 0 radical (unpaired) electrons. The molecule has 5 rings (SSSR count). The van der Waals surface area contributed by atoms with E-state index in [1.165, 1.54) is 47.1 Å². The SMILES string of the molecule is COc1ccc(F)cc1[C@H](Cn1c(=O)n([C@H](C)C(=O)CC2CCC2)c(=O)c2c(C)c(-n3nccn3)sc21)OCCO. The summed E-state index contributed by atoms with van der Waals surface area (Å²) in [6.45, 7) is 2.77. The summed E-state index contributed by atoms with van der Waals surface area (Å²) in [7, 11) is 1.44. The largest absolute Gasteiger partial charge is 0.496 e. The maximum atomic E-state index is 14.4. The number of carbonyl (C=O) groups excluding carboxylic acids is 1. The summed E-state index contributed by atoms with van der Waals surface area (Å²) in [6, 6.07) is 2.97. The predicted molar refractivity (Wildman–Crippen MR) is 150 cm³/mol. The fraction of sp³-hybridized carbons (Fsp3) is 0.464. The minimum atomic E-state index is -0.989. The summed E-state index contributed by atoms with van der Waals surface area (Å²) in [5.74, 6) is -0.111. The smallest absolute Gasteiger partial charge is 0.332 e. The monoisotopic (exact) mass is 585 g/mol. The number of aryl methyl sites for hydroxylation is 1. The number of fused-ring (bicyclic) bond motifs is 1. The summed E-state index contributed by atoms with van der Waals surface area (Å²) < 4.78 is 28.1. The van der Waals surface area contributed by atoms with E-state index in [1.54, 1.807) is 13.8 Å². The summed E-state index contributed by atoms with van der Waals surface area (Å²) in [5, 5.41) is 18.7. The number of hydrogen-bond acceptors (Lipinski definition) is 9.